The Morgan fingerprint density at radius 1 is 1.31 bits per heavy atom. The molecule has 0 bridgehead atoms. The summed E-state index contributed by atoms with van der Waals surface area (Å²) in [5.74, 6) is -1.78. The number of nitrogens with one attached hydrogen (secondary N) is 1. The summed E-state index contributed by atoms with van der Waals surface area (Å²) in [7, 11) is 1.42. The number of aromatic nitrogens is 2. The molecule has 10 heteroatoms. The van der Waals surface area contributed by atoms with Gasteiger partial charge in [-0.2, -0.15) is 13.2 Å². The molecule has 0 atom stereocenters. The minimum atomic E-state index is -4.61. The summed E-state index contributed by atoms with van der Waals surface area (Å²) >= 11 is 5.89. The van der Waals surface area contributed by atoms with Crippen molar-refractivity contribution in [3.63, 3.8) is 0 Å². The van der Waals surface area contributed by atoms with Gasteiger partial charge in [-0.05, 0) is 36.8 Å². The fourth-order valence-electron chi connectivity index (χ4n) is 2.96. The molecule has 0 aliphatic heterocycles. The molecule has 29 heavy (non-hydrogen) atoms. The predicted molar refractivity (Wildman–Crippen MR) is 103 cm³/mol. The zero-order chi connectivity index (χ0) is 21.3. The molecule has 0 unspecified atom stereocenters. The highest BCUT2D eigenvalue weighted by atomic mass is 35.5. The number of nitrogens with zero attached hydrogens (tertiary/aromatic N) is 2. The number of pyridine rings is 1. The van der Waals surface area contributed by atoms with Crippen molar-refractivity contribution < 1.29 is 27.8 Å². The zero-order valence-electron chi connectivity index (χ0n) is 15.5. The molecular weight excluding hydrogens is 411 g/mol. The molecule has 0 aliphatic carbocycles. The summed E-state index contributed by atoms with van der Waals surface area (Å²) in [6, 6.07) is 8.39. The Labute approximate surface area is 168 Å². The molecule has 0 fully saturated rings. The molecule has 6 nitrogen and oxygen atoms in total. The van der Waals surface area contributed by atoms with Crippen LogP contribution in [0.3, 0.4) is 0 Å². The fraction of sp³-hybridized carbons (Fsp3) is 0.263. The van der Waals surface area contributed by atoms with Crippen LogP contribution >= 0.6 is 11.6 Å². The number of carboxylic acids is 1. The SMILES string of the molecule is CCc1nc2c(cc1Nc1ccc(Cl)cc1)c(OCC(F)(F)F)c(C(=O)O)n2C. The zero-order valence-corrected chi connectivity index (χ0v) is 16.2. The number of carboxylic acid groups (broad SMARTS) is 1. The van der Waals surface area contributed by atoms with E-state index in [0.29, 0.717) is 28.5 Å². The van der Waals surface area contributed by atoms with Crippen molar-refractivity contribution in [2.45, 2.75) is 19.5 Å². The van der Waals surface area contributed by atoms with Gasteiger partial charge in [0.2, 0.25) is 0 Å². The second kappa shape index (κ2) is 7.82. The number of hydrogen-bond acceptors (Lipinski definition) is 4. The molecule has 3 aromatic rings. The number of fused-ring (bicyclic) bond motifs is 1. The van der Waals surface area contributed by atoms with Crippen LogP contribution in [0.4, 0.5) is 24.5 Å². The third-order valence-corrected chi connectivity index (χ3v) is 4.49. The lowest BCUT2D eigenvalue weighted by Gasteiger charge is -2.12. The van der Waals surface area contributed by atoms with E-state index in [-0.39, 0.29) is 16.8 Å². The molecule has 3 rings (SSSR count). The number of anilines is 2. The first-order valence-corrected chi connectivity index (χ1v) is 8.96. The lowest BCUT2D eigenvalue weighted by atomic mass is 10.2. The minimum absolute atomic E-state index is 0.169. The van der Waals surface area contributed by atoms with Gasteiger partial charge < -0.3 is 19.7 Å². The number of hydrogen-bond donors (Lipinski definition) is 2. The van der Waals surface area contributed by atoms with Crippen LogP contribution in [0.15, 0.2) is 30.3 Å². The lowest BCUT2D eigenvalue weighted by molar-refractivity contribution is -0.153. The molecule has 0 aliphatic rings. The van der Waals surface area contributed by atoms with Crippen LogP contribution in [0, 0.1) is 0 Å². The average molecular weight is 428 g/mol. The molecule has 0 saturated heterocycles. The van der Waals surface area contributed by atoms with E-state index in [2.05, 4.69) is 10.3 Å². The first-order chi connectivity index (χ1) is 13.6. The quantitative estimate of drug-likeness (QED) is 0.567. The number of ether oxygens (including phenoxy) is 1. The van der Waals surface area contributed by atoms with Gasteiger partial charge in [0, 0.05) is 17.8 Å². The van der Waals surface area contributed by atoms with Crippen LogP contribution in [0.2, 0.25) is 5.02 Å². The van der Waals surface area contributed by atoms with E-state index in [1.807, 2.05) is 6.92 Å². The third kappa shape index (κ3) is 4.40. The van der Waals surface area contributed by atoms with Crippen LogP contribution in [0.1, 0.15) is 23.1 Å². The van der Waals surface area contributed by atoms with E-state index in [4.69, 9.17) is 16.3 Å². The van der Waals surface area contributed by atoms with E-state index in [1.54, 1.807) is 30.3 Å². The Hall–Kier alpha value is -2.94. The van der Waals surface area contributed by atoms with Gasteiger partial charge in [-0.15, -0.1) is 0 Å². The largest absolute Gasteiger partial charge is 0.481 e. The molecule has 154 valence electrons. The molecule has 2 aromatic heterocycles. The maximum absolute atomic E-state index is 12.7. The summed E-state index contributed by atoms with van der Waals surface area (Å²) in [4.78, 5) is 16.1. The number of aromatic carboxylic acids is 1. The Morgan fingerprint density at radius 2 is 1.97 bits per heavy atom. The number of halogens is 4. The van der Waals surface area contributed by atoms with Crippen LogP contribution in [0.5, 0.6) is 5.75 Å². The first-order valence-electron chi connectivity index (χ1n) is 8.58. The standard InChI is InChI=1S/C19H17ClF3N3O3/c1-3-13-14(24-11-6-4-10(20)5-7-11)8-12-16(29-9-19(21,22)23)15(18(27)28)26(2)17(12)25-13/h4-8,24H,3,9H2,1-2H3,(H,27,28). The molecule has 2 N–H and O–H groups in total. The summed E-state index contributed by atoms with van der Waals surface area (Å²) < 4.78 is 44.1. The number of aryl methyl sites for hydroxylation is 2. The smallest absolute Gasteiger partial charge is 0.422 e. The van der Waals surface area contributed by atoms with Crippen molar-refractivity contribution in [1.82, 2.24) is 9.55 Å². The predicted octanol–water partition coefficient (Wildman–Crippen LogP) is 5.17. The molecular formula is C19H17ClF3N3O3. The number of rotatable bonds is 6. The molecule has 1 aromatic carbocycles. The van der Waals surface area contributed by atoms with Gasteiger partial charge in [0.15, 0.2) is 18.1 Å². The molecule has 0 amide bonds. The van der Waals surface area contributed by atoms with Crippen molar-refractivity contribution in [3.05, 3.63) is 46.7 Å². The van der Waals surface area contributed by atoms with Gasteiger partial charge in [0.25, 0.3) is 0 Å². The van der Waals surface area contributed by atoms with Gasteiger partial charge in [0.05, 0.1) is 16.8 Å². The summed E-state index contributed by atoms with van der Waals surface area (Å²) in [5, 5.41) is 13.4. The first kappa shape index (κ1) is 20.8. The Balaban J connectivity index is 2.15. The monoisotopic (exact) mass is 427 g/mol. The summed E-state index contributed by atoms with van der Waals surface area (Å²) in [6.45, 7) is 0.255. The van der Waals surface area contributed by atoms with Gasteiger partial charge in [-0.25, -0.2) is 9.78 Å². The normalized spacial score (nSPS) is 11.7. The van der Waals surface area contributed by atoms with Gasteiger partial charge >= 0.3 is 12.1 Å². The Bertz CT molecular complexity index is 1060. The molecule has 0 saturated carbocycles. The number of carbonyl (C=O) groups is 1. The summed E-state index contributed by atoms with van der Waals surface area (Å²) in [5.41, 5.74) is 1.66. The lowest BCUT2D eigenvalue weighted by Crippen LogP contribution is -2.20. The second-order valence-electron chi connectivity index (χ2n) is 6.28. The van der Waals surface area contributed by atoms with Crippen molar-refractivity contribution in [1.29, 1.82) is 0 Å². The topological polar surface area (TPSA) is 76.4 Å². The molecule has 2 heterocycles. The van der Waals surface area contributed by atoms with E-state index >= 15 is 0 Å². The van der Waals surface area contributed by atoms with Crippen molar-refractivity contribution in [2.24, 2.45) is 7.05 Å². The second-order valence-corrected chi connectivity index (χ2v) is 6.72. The summed E-state index contributed by atoms with van der Waals surface area (Å²) in [6.07, 6.45) is -4.10. The van der Waals surface area contributed by atoms with Gasteiger partial charge in [-0.3, -0.25) is 0 Å². The fourth-order valence-corrected chi connectivity index (χ4v) is 3.08. The van der Waals surface area contributed by atoms with Crippen molar-refractivity contribution in [3.8, 4) is 5.75 Å². The van der Waals surface area contributed by atoms with E-state index in [1.165, 1.54) is 11.6 Å². The highest BCUT2D eigenvalue weighted by molar-refractivity contribution is 6.30. The van der Waals surface area contributed by atoms with Crippen molar-refractivity contribution >= 4 is 40.0 Å². The van der Waals surface area contributed by atoms with Gasteiger partial charge in [0.1, 0.15) is 5.65 Å². The Morgan fingerprint density at radius 3 is 2.52 bits per heavy atom. The maximum atomic E-state index is 12.7. The number of alkyl halides is 3. The third-order valence-electron chi connectivity index (χ3n) is 4.24. The van der Waals surface area contributed by atoms with Crippen molar-refractivity contribution in [2.75, 3.05) is 11.9 Å². The molecule has 0 radical (unpaired) electrons. The van der Waals surface area contributed by atoms with E-state index in [0.717, 1.165) is 0 Å². The van der Waals surface area contributed by atoms with Crippen LogP contribution in [-0.4, -0.2) is 33.4 Å². The van der Waals surface area contributed by atoms with Crippen LogP contribution in [-0.2, 0) is 13.5 Å². The highest BCUT2D eigenvalue weighted by Gasteiger charge is 2.32. The van der Waals surface area contributed by atoms with E-state index < -0.39 is 24.4 Å². The van der Waals surface area contributed by atoms with E-state index in [9.17, 15) is 23.1 Å². The van der Waals surface area contributed by atoms with Gasteiger partial charge in [-0.1, -0.05) is 18.5 Å². The van der Waals surface area contributed by atoms with Crippen LogP contribution in [0.25, 0.3) is 11.0 Å². The maximum Gasteiger partial charge on any atom is 0.422 e. The average Bonchev–Trinajstić information content (AvgIpc) is 2.92. The number of benzene rings is 1. The minimum Gasteiger partial charge on any atom is -0.481 e. The highest BCUT2D eigenvalue weighted by Crippen LogP contribution is 2.36. The van der Waals surface area contributed by atoms with Crippen LogP contribution < -0.4 is 10.1 Å². The molecule has 0 spiro atoms. The Kier molecular flexibility index (Phi) is 5.61.